The van der Waals surface area contributed by atoms with Crippen LogP contribution in [0.2, 0.25) is 0 Å². The van der Waals surface area contributed by atoms with Crippen molar-refractivity contribution in [3.63, 3.8) is 0 Å². The first-order chi connectivity index (χ1) is 8.56. The second-order valence-corrected chi connectivity index (χ2v) is 6.60. The van der Waals surface area contributed by atoms with Crippen LogP contribution in [0.25, 0.3) is 0 Å². The Morgan fingerprint density at radius 1 is 1.50 bits per heavy atom. The summed E-state index contributed by atoms with van der Waals surface area (Å²) in [4.78, 5) is 14.1. The minimum absolute atomic E-state index is 0.0443. The van der Waals surface area contributed by atoms with Crippen LogP contribution in [-0.2, 0) is 10.8 Å². The van der Waals surface area contributed by atoms with E-state index in [2.05, 4.69) is 26.2 Å². The van der Waals surface area contributed by atoms with E-state index >= 15 is 0 Å². The van der Waals surface area contributed by atoms with Crippen molar-refractivity contribution in [2.45, 2.75) is 18.9 Å². The van der Waals surface area contributed by atoms with E-state index in [0.717, 1.165) is 12.8 Å². The molecule has 1 aliphatic rings. The normalized spacial score (nSPS) is 23.6. The number of nitrogens with zero attached hydrogens (tertiary/aromatic N) is 2. The van der Waals surface area contributed by atoms with E-state index in [1.807, 2.05) is 0 Å². The predicted molar refractivity (Wildman–Crippen MR) is 73.1 cm³/mol. The van der Waals surface area contributed by atoms with Crippen LogP contribution < -0.4 is 5.32 Å². The number of nitro groups is 1. The van der Waals surface area contributed by atoms with Gasteiger partial charge in [0.05, 0.1) is 9.40 Å². The summed E-state index contributed by atoms with van der Waals surface area (Å²) >= 11 is 3.26. The van der Waals surface area contributed by atoms with E-state index < -0.39 is 15.7 Å². The maximum Gasteiger partial charge on any atom is 0.288 e. The number of nitrogens with one attached hydrogen (secondary N) is 1. The van der Waals surface area contributed by atoms with Crippen molar-refractivity contribution in [3.05, 3.63) is 26.9 Å². The summed E-state index contributed by atoms with van der Waals surface area (Å²) < 4.78 is 11.8. The first-order valence-electron chi connectivity index (χ1n) is 5.47. The van der Waals surface area contributed by atoms with Gasteiger partial charge in [-0.05, 0) is 28.8 Å². The molecule has 6 nitrogen and oxygen atoms in total. The molecule has 1 fully saturated rings. The topological polar surface area (TPSA) is 85.1 Å². The summed E-state index contributed by atoms with van der Waals surface area (Å²) in [5.41, 5.74) is -0.0443. The third kappa shape index (κ3) is 3.26. The molecule has 0 saturated carbocycles. The van der Waals surface area contributed by atoms with E-state index in [4.69, 9.17) is 0 Å². The lowest BCUT2D eigenvalue weighted by atomic mass is 10.1. The van der Waals surface area contributed by atoms with Crippen molar-refractivity contribution in [1.29, 1.82) is 0 Å². The zero-order valence-corrected chi connectivity index (χ0v) is 11.9. The van der Waals surface area contributed by atoms with E-state index in [-0.39, 0.29) is 11.7 Å². The number of hydrogen-bond donors (Lipinski definition) is 1. The van der Waals surface area contributed by atoms with Crippen molar-refractivity contribution < 1.29 is 9.13 Å². The average Bonchev–Trinajstić information content (AvgIpc) is 2.34. The van der Waals surface area contributed by atoms with E-state index in [1.165, 1.54) is 12.3 Å². The fraction of sp³-hybridized carbons (Fsp3) is 0.500. The first kappa shape index (κ1) is 13.4. The van der Waals surface area contributed by atoms with Crippen molar-refractivity contribution in [2.75, 3.05) is 16.8 Å². The second kappa shape index (κ2) is 5.75. The van der Waals surface area contributed by atoms with Gasteiger partial charge in [0.15, 0.2) is 0 Å². The standard InChI is InChI=1S/C10H12BrN3O3S/c11-9-5-8(14(15)16)6-12-10(9)13-7-1-3-18(17)4-2-7/h5-7H,1-4H2,(H,12,13). The molecule has 1 N–H and O–H groups in total. The van der Waals surface area contributed by atoms with E-state index in [1.54, 1.807) is 0 Å². The third-order valence-electron chi connectivity index (χ3n) is 2.77. The molecule has 18 heavy (non-hydrogen) atoms. The molecule has 2 heterocycles. The maximum absolute atomic E-state index is 11.2. The Morgan fingerprint density at radius 2 is 2.17 bits per heavy atom. The first-order valence-corrected chi connectivity index (χ1v) is 7.76. The fourth-order valence-electron chi connectivity index (χ4n) is 1.77. The molecule has 0 aromatic carbocycles. The minimum atomic E-state index is -0.696. The lowest BCUT2D eigenvalue weighted by Gasteiger charge is -2.23. The molecule has 0 atom stereocenters. The molecule has 0 unspecified atom stereocenters. The largest absolute Gasteiger partial charge is 0.366 e. The van der Waals surface area contributed by atoms with Crippen LogP contribution in [0.4, 0.5) is 11.5 Å². The fourth-order valence-corrected chi connectivity index (χ4v) is 3.52. The van der Waals surface area contributed by atoms with E-state index in [0.29, 0.717) is 21.8 Å². The Balaban J connectivity index is 2.05. The van der Waals surface area contributed by atoms with Gasteiger partial charge in [0.1, 0.15) is 12.0 Å². The van der Waals surface area contributed by atoms with Gasteiger partial charge >= 0.3 is 0 Å². The van der Waals surface area contributed by atoms with Gasteiger partial charge in [-0.1, -0.05) is 0 Å². The molecular weight excluding hydrogens is 322 g/mol. The maximum atomic E-state index is 11.2. The highest BCUT2D eigenvalue weighted by atomic mass is 79.9. The molecule has 0 amide bonds. The van der Waals surface area contributed by atoms with Crippen LogP contribution >= 0.6 is 15.9 Å². The van der Waals surface area contributed by atoms with Gasteiger partial charge in [-0.2, -0.15) is 0 Å². The van der Waals surface area contributed by atoms with E-state index in [9.17, 15) is 14.3 Å². The molecule has 8 heteroatoms. The summed E-state index contributed by atoms with van der Waals surface area (Å²) in [7, 11) is -0.696. The van der Waals surface area contributed by atoms with Gasteiger partial charge in [0.25, 0.3) is 5.69 Å². The predicted octanol–water partition coefficient (Wildman–Crippen LogP) is 2.08. The highest BCUT2D eigenvalue weighted by Crippen LogP contribution is 2.26. The lowest BCUT2D eigenvalue weighted by molar-refractivity contribution is -0.385. The Hall–Kier alpha value is -1.02. The van der Waals surface area contributed by atoms with Crippen molar-refractivity contribution >= 4 is 38.2 Å². The number of aromatic nitrogens is 1. The van der Waals surface area contributed by atoms with Crippen LogP contribution in [0.5, 0.6) is 0 Å². The molecule has 1 aromatic heterocycles. The van der Waals surface area contributed by atoms with Crippen LogP contribution in [0.1, 0.15) is 12.8 Å². The molecule has 0 radical (unpaired) electrons. The highest BCUT2D eigenvalue weighted by Gasteiger charge is 2.19. The third-order valence-corrected chi connectivity index (χ3v) is 4.75. The Bertz CT molecular complexity index is 487. The molecule has 1 aromatic rings. The number of rotatable bonds is 3. The molecule has 0 spiro atoms. The molecule has 2 rings (SSSR count). The number of halogens is 1. The second-order valence-electron chi connectivity index (χ2n) is 4.05. The van der Waals surface area contributed by atoms with Crippen LogP contribution in [0.15, 0.2) is 16.7 Å². The number of hydrogen-bond acceptors (Lipinski definition) is 5. The molecule has 0 aliphatic carbocycles. The molecule has 0 bridgehead atoms. The smallest absolute Gasteiger partial charge is 0.288 e. The van der Waals surface area contributed by atoms with Gasteiger partial charge < -0.3 is 5.32 Å². The quantitative estimate of drug-likeness (QED) is 0.676. The highest BCUT2D eigenvalue weighted by molar-refractivity contribution is 9.10. The Labute approximate surface area is 115 Å². The molecule has 1 aliphatic heterocycles. The summed E-state index contributed by atoms with van der Waals surface area (Å²) in [6.07, 6.45) is 2.89. The molecule has 98 valence electrons. The molecule has 1 saturated heterocycles. The monoisotopic (exact) mass is 333 g/mol. The SMILES string of the molecule is O=[N+]([O-])c1cnc(NC2CCS(=O)CC2)c(Br)c1. The summed E-state index contributed by atoms with van der Waals surface area (Å²) in [6.45, 7) is 0. The van der Waals surface area contributed by atoms with Gasteiger partial charge in [-0.25, -0.2) is 4.98 Å². The summed E-state index contributed by atoms with van der Waals surface area (Å²) in [6, 6.07) is 1.66. The average molecular weight is 334 g/mol. The van der Waals surface area contributed by atoms with Gasteiger partial charge in [0.2, 0.25) is 0 Å². The van der Waals surface area contributed by atoms with Crippen LogP contribution in [-0.4, -0.2) is 31.7 Å². The lowest BCUT2D eigenvalue weighted by Crippen LogP contribution is -2.29. The molecular formula is C10H12BrN3O3S. The Morgan fingerprint density at radius 3 is 2.72 bits per heavy atom. The Kier molecular flexibility index (Phi) is 4.28. The van der Waals surface area contributed by atoms with Crippen molar-refractivity contribution in [2.24, 2.45) is 0 Å². The van der Waals surface area contributed by atoms with Crippen LogP contribution in [0.3, 0.4) is 0 Å². The zero-order chi connectivity index (χ0) is 13.1. The number of anilines is 1. The van der Waals surface area contributed by atoms with Gasteiger partial charge in [0, 0.05) is 34.4 Å². The number of pyridine rings is 1. The zero-order valence-electron chi connectivity index (χ0n) is 9.47. The van der Waals surface area contributed by atoms with Gasteiger partial charge in [-0.3, -0.25) is 14.3 Å². The summed E-state index contributed by atoms with van der Waals surface area (Å²) in [5, 5.41) is 13.8. The van der Waals surface area contributed by atoms with Crippen molar-refractivity contribution in [1.82, 2.24) is 4.98 Å². The minimum Gasteiger partial charge on any atom is -0.366 e. The summed E-state index contributed by atoms with van der Waals surface area (Å²) in [5.74, 6) is 1.99. The van der Waals surface area contributed by atoms with Crippen LogP contribution in [0, 0.1) is 10.1 Å². The van der Waals surface area contributed by atoms with Gasteiger partial charge in [-0.15, -0.1) is 0 Å². The van der Waals surface area contributed by atoms with Crippen molar-refractivity contribution in [3.8, 4) is 0 Å².